The molecule has 0 aliphatic carbocycles. The van der Waals surface area contributed by atoms with Gasteiger partial charge >= 0.3 is 17.9 Å². The average Bonchev–Trinajstić information content (AvgIpc) is 3.44. The Kier molecular flexibility index (Phi) is 62.7. The predicted molar refractivity (Wildman–Crippen MR) is 339 cm³/mol. The molecular weight excluding hydrogens is 961 g/mol. The van der Waals surface area contributed by atoms with E-state index in [-0.39, 0.29) is 31.1 Å². The topological polar surface area (TPSA) is 78.9 Å². The van der Waals surface area contributed by atoms with E-state index in [0.717, 1.165) is 122 Å². The summed E-state index contributed by atoms with van der Waals surface area (Å²) in [6.45, 7) is 6.51. The van der Waals surface area contributed by atoms with Crippen molar-refractivity contribution >= 4 is 17.9 Å². The number of esters is 3. The molecule has 448 valence electrons. The number of hydrogen-bond donors (Lipinski definition) is 0. The first-order valence-electron chi connectivity index (χ1n) is 33.2. The second-order valence-electron chi connectivity index (χ2n) is 22.0. The predicted octanol–water partition coefficient (Wildman–Crippen LogP) is 22.8. The van der Waals surface area contributed by atoms with Gasteiger partial charge in [0.05, 0.1) is 0 Å². The Morgan fingerprint density at radius 3 is 0.795 bits per heavy atom. The summed E-state index contributed by atoms with van der Waals surface area (Å²) in [4.78, 5) is 38.4. The molecule has 0 saturated heterocycles. The highest BCUT2D eigenvalue weighted by Crippen LogP contribution is 2.16. The van der Waals surface area contributed by atoms with E-state index >= 15 is 0 Å². The molecular formula is C72H124O6. The number of carbonyl (C=O) groups excluding carboxylic acids is 3. The third-order valence-corrected chi connectivity index (χ3v) is 14.3. The van der Waals surface area contributed by atoms with E-state index in [1.54, 1.807) is 0 Å². The van der Waals surface area contributed by atoms with Crippen molar-refractivity contribution in [2.75, 3.05) is 13.2 Å². The van der Waals surface area contributed by atoms with Gasteiger partial charge in [-0.2, -0.15) is 0 Å². The van der Waals surface area contributed by atoms with Crippen LogP contribution in [-0.2, 0) is 28.6 Å². The summed E-state index contributed by atoms with van der Waals surface area (Å²) in [6.07, 6.45) is 88.4. The molecule has 1 atom stereocenters. The molecule has 0 radical (unpaired) electrons. The molecule has 0 rings (SSSR count). The number of unbranched alkanes of at least 4 members (excludes halogenated alkanes) is 33. The van der Waals surface area contributed by atoms with Crippen molar-refractivity contribution in [3.8, 4) is 0 Å². The lowest BCUT2D eigenvalue weighted by Gasteiger charge is -2.18. The van der Waals surface area contributed by atoms with Gasteiger partial charge in [0.1, 0.15) is 13.2 Å². The van der Waals surface area contributed by atoms with E-state index in [1.807, 2.05) is 0 Å². The van der Waals surface area contributed by atoms with Crippen LogP contribution in [0.15, 0.2) is 97.2 Å². The lowest BCUT2D eigenvalue weighted by molar-refractivity contribution is -0.167. The van der Waals surface area contributed by atoms with Gasteiger partial charge in [-0.25, -0.2) is 0 Å². The van der Waals surface area contributed by atoms with Gasteiger partial charge in [-0.15, -0.1) is 0 Å². The molecule has 0 aliphatic rings. The van der Waals surface area contributed by atoms with Crippen molar-refractivity contribution in [2.45, 2.75) is 329 Å². The van der Waals surface area contributed by atoms with Gasteiger partial charge in [0.2, 0.25) is 0 Å². The normalized spacial score (nSPS) is 12.7. The van der Waals surface area contributed by atoms with Crippen LogP contribution >= 0.6 is 0 Å². The highest BCUT2D eigenvalue weighted by Gasteiger charge is 2.19. The SMILES string of the molecule is CC/C=C\C/C=C\C/C=C\CCCCCCCC(=O)OCC(COC(=O)CCCCCCCCCCCCCC/C=C\C/C=C\C/C=C\CCCCCCC)OC(=O)CCCCCCCCC/C=C\C/C=C\CCCCCC. The second kappa shape index (κ2) is 65.8. The number of carbonyl (C=O) groups is 3. The average molecular weight is 1090 g/mol. The van der Waals surface area contributed by atoms with Crippen molar-refractivity contribution in [1.82, 2.24) is 0 Å². The first kappa shape index (κ1) is 74.3. The molecule has 0 aromatic carbocycles. The Morgan fingerprint density at radius 1 is 0.269 bits per heavy atom. The molecule has 0 spiro atoms. The first-order valence-corrected chi connectivity index (χ1v) is 33.2. The summed E-state index contributed by atoms with van der Waals surface area (Å²) in [5.41, 5.74) is 0. The van der Waals surface area contributed by atoms with Crippen LogP contribution in [-0.4, -0.2) is 37.2 Å². The van der Waals surface area contributed by atoms with Crippen LogP contribution in [0.4, 0.5) is 0 Å². The quantitative estimate of drug-likeness (QED) is 0.0261. The van der Waals surface area contributed by atoms with Gasteiger partial charge in [-0.05, 0) is 122 Å². The van der Waals surface area contributed by atoms with E-state index in [0.29, 0.717) is 19.3 Å². The van der Waals surface area contributed by atoms with E-state index in [1.165, 1.54) is 161 Å². The van der Waals surface area contributed by atoms with E-state index in [2.05, 4.69) is 118 Å². The van der Waals surface area contributed by atoms with E-state index < -0.39 is 6.10 Å². The Hall–Kier alpha value is -3.67. The summed E-state index contributed by atoms with van der Waals surface area (Å²) in [5.74, 6) is -0.903. The minimum atomic E-state index is -0.792. The molecule has 0 bridgehead atoms. The van der Waals surface area contributed by atoms with Crippen LogP contribution in [0.5, 0.6) is 0 Å². The Bertz CT molecular complexity index is 1530. The maximum Gasteiger partial charge on any atom is 0.306 e. The minimum absolute atomic E-state index is 0.0867. The Morgan fingerprint density at radius 2 is 0.500 bits per heavy atom. The van der Waals surface area contributed by atoms with Gasteiger partial charge in [0, 0.05) is 19.3 Å². The fourth-order valence-electron chi connectivity index (χ4n) is 9.32. The smallest absolute Gasteiger partial charge is 0.306 e. The molecule has 0 aliphatic heterocycles. The molecule has 6 heteroatoms. The van der Waals surface area contributed by atoms with E-state index in [9.17, 15) is 14.4 Å². The van der Waals surface area contributed by atoms with Crippen molar-refractivity contribution < 1.29 is 28.6 Å². The summed E-state index contributed by atoms with van der Waals surface area (Å²) in [6, 6.07) is 0. The molecule has 6 nitrogen and oxygen atoms in total. The molecule has 0 fully saturated rings. The number of ether oxygens (including phenoxy) is 3. The zero-order valence-corrected chi connectivity index (χ0v) is 51.4. The standard InChI is InChI=1S/C72H124O6/c1-4-7-10-13-16-19-22-25-28-30-32-33-34-35-36-37-38-39-40-42-44-47-50-53-56-59-62-65-71(74)77-68-69(67-76-70(73)64-61-58-55-52-49-46-43-27-24-21-18-15-12-9-6-3)78-72(75)66-63-60-57-54-51-48-45-41-31-29-26-23-20-17-14-11-8-5-2/h9,12,18,20-23,25,27,29-32,34-35,43,69H,4-8,10-11,13-17,19,24,26,28,33,36-42,44-68H2,1-3H3/b12-9-,21-18-,23-20-,25-22-,31-29-,32-30-,35-34-,43-27-. The zero-order valence-electron chi connectivity index (χ0n) is 51.4. The molecule has 0 aromatic heterocycles. The number of allylic oxidation sites excluding steroid dienone is 16. The molecule has 78 heavy (non-hydrogen) atoms. The van der Waals surface area contributed by atoms with Gasteiger partial charge in [-0.1, -0.05) is 279 Å². The molecule has 0 aromatic rings. The Labute approximate surface area is 483 Å². The molecule has 0 heterocycles. The lowest BCUT2D eigenvalue weighted by Crippen LogP contribution is -2.30. The minimum Gasteiger partial charge on any atom is -0.462 e. The van der Waals surface area contributed by atoms with E-state index in [4.69, 9.17) is 14.2 Å². The second-order valence-corrected chi connectivity index (χ2v) is 22.0. The molecule has 0 saturated carbocycles. The van der Waals surface area contributed by atoms with Crippen LogP contribution in [0.25, 0.3) is 0 Å². The summed E-state index contributed by atoms with van der Waals surface area (Å²) >= 11 is 0. The maximum absolute atomic E-state index is 12.9. The largest absolute Gasteiger partial charge is 0.462 e. The van der Waals surface area contributed by atoms with Crippen molar-refractivity contribution in [2.24, 2.45) is 0 Å². The van der Waals surface area contributed by atoms with Crippen molar-refractivity contribution in [3.05, 3.63) is 97.2 Å². The molecule has 0 N–H and O–H groups in total. The van der Waals surface area contributed by atoms with Gasteiger partial charge in [0.25, 0.3) is 0 Å². The maximum atomic E-state index is 12.9. The third kappa shape index (κ3) is 63.2. The van der Waals surface area contributed by atoms with Crippen molar-refractivity contribution in [1.29, 1.82) is 0 Å². The van der Waals surface area contributed by atoms with Gasteiger partial charge < -0.3 is 14.2 Å². The highest BCUT2D eigenvalue weighted by molar-refractivity contribution is 5.71. The third-order valence-electron chi connectivity index (χ3n) is 14.3. The van der Waals surface area contributed by atoms with Crippen LogP contribution < -0.4 is 0 Å². The monoisotopic (exact) mass is 1080 g/mol. The fraction of sp³-hybridized carbons (Fsp3) is 0.736. The van der Waals surface area contributed by atoms with Crippen LogP contribution in [0.2, 0.25) is 0 Å². The van der Waals surface area contributed by atoms with Crippen LogP contribution in [0.1, 0.15) is 323 Å². The number of rotatable bonds is 60. The summed E-state index contributed by atoms with van der Waals surface area (Å²) < 4.78 is 16.9. The summed E-state index contributed by atoms with van der Waals surface area (Å²) in [7, 11) is 0. The van der Waals surface area contributed by atoms with Gasteiger partial charge in [-0.3, -0.25) is 14.4 Å². The lowest BCUT2D eigenvalue weighted by atomic mass is 10.0. The van der Waals surface area contributed by atoms with Crippen molar-refractivity contribution in [3.63, 3.8) is 0 Å². The zero-order chi connectivity index (χ0) is 56.4. The van der Waals surface area contributed by atoms with Crippen LogP contribution in [0.3, 0.4) is 0 Å². The Balaban J connectivity index is 4.33. The number of hydrogen-bond acceptors (Lipinski definition) is 6. The highest BCUT2D eigenvalue weighted by atomic mass is 16.6. The first-order chi connectivity index (χ1) is 38.5. The molecule has 0 amide bonds. The molecule has 1 unspecified atom stereocenters. The van der Waals surface area contributed by atoms with Crippen LogP contribution in [0, 0.1) is 0 Å². The fourth-order valence-corrected chi connectivity index (χ4v) is 9.32. The summed E-state index contributed by atoms with van der Waals surface area (Å²) in [5, 5.41) is 0. The van der Waals surface area contributed by atoms with Gasteiger partial charge in [0.15, 0.2) is 6.10 Å².